The average molecular weight is 343 g/mol. The minimum absolute atomic E-state index is 0.0713. The number of amides is 2. The van der Waals surface area contributed by atoms with E-state index in [1.807, 2.05) is 26.0 Å². The van der Waals surface area contributed by atoms with E-state index in [4.69, 9.17) is 0 Å². The summed E-state index contributed by atoms with van der Waals surface area (Å²) in [5, 5.41) is 6.40. The molecule has 2 aliphatic rings. The van der Waals surface area contributed by atoms with Gasteiger partial charge >= 0.3 is 0 Å². The third-order valence-electron chi connectivity index (χ3n) is 5.54. The number of hydrogen-bond donors (Lipinski definition) is 2. The molecule has 5 heteroatoms. The van der Waals surface area contributed by atoms with Crippen LogP contribution < -0.4 is 15.5 Å². The molecule has 1 unspecified atom stereocenters. The van der Waals surface area contributed by atoms with E-state index in [1.165, 1.54) is 0 Å². The van der Waals surface area contributed by atoms with Crippen molar-refractivity contribution in [1.29, 1.82) is 0 Å². The van der Waals surface area contributed by atoms with Gasteiger partial charge in [-0.25, -0.2) is 0 Å². The van der Waals surface area contributed by atoms with Crippen LogP contribution in [-0.2, 0) is 9.59 Å². The van der Waals surface area contributed by atoms with Crippen molar-refractivity contribution in [1.82, 2.24) is 10.6 Å². The maximum absolute atomic E-state index is 12.8. The van der Waals surface area contributed by atoms with E-state index in [1.54, 1.807) is 4.90 Å². The van der Waals surface area contributed by atoms with Gasteiger partial charge < -0.3 is 15.5 Å². The van der Waals surface area contributed by atoms with Crippen molar-refractivity contribution in [2.75, 3.05) is 31.1 Å². The fraction of sp³-hybridized carbons (Fsp3) is 0.600. The van der Waals surface area contributed by atoms with Crippen molar-refractivity contribution in [2.45, 2.75) is 40.0 Å². The minimum Gasteiger partial charge on any atom is -0.355 e. The molecule has 5 nitrogen and oxygen atoms in total. The first-order chi connectivity index (χ1) is 11.9. The van der Waals surface area contributed by atoms with E-state index in [9.17, 15) is 9.59 Å². The standard InChI is InChI=1S/C20H29N3O2/c1-14-10-15(2)12-16(11-14)23-9-4-17(19(23)25)18(24)22-13-20(3)5-7-21-8-6-20/h10-12,17,21H,4-9,13H2,1-3H3,(H,22,24). The van der Waals surface area contributed by atoms with Gasteiger partial charge in [0.25, 0.3) is 0 Å². The topological polar surface area (TPSA) is 61.4 Å². The largest absolute Gasteiger partial charge is 0.355 e. The molecule has 0 aliphatic carbocycles. The number of nitrogens with zero attached hydrogens (tertiary/aromatic N) is 1. The van der Waals surface area contributed by atoms with Gasteiger partial charge in [0.15, 0.2) is 0 Å². The Balaban J connectivity index is 1.62. The van der Waals surface area contributed by atoms with Crippen LogP contribution in [0.4, 0.5) is 5.69 Å². The normalized spacial score (nSPS) is 22.9. The van der Waals surface area contributed by atoms with Gasteiger partial charge in [0.1, 0.15) is 5.92 Å². The fourth-order valence-electron chi connectivity index (χ4n) is 3.92. The molecule has 0 saturated carbocycles. The highest BCUT2D eigenvalue weighted by Gasteiger charge is 2.38. The highest BCUT2D eigenvalue weighted by atomic mass is 16.2. The molecule has 2 fully saturated rings. The second-order valence-corrected chi connectivity index (χ2v) is 7.96. The molecule has 25 heavy (non-hydrogen) atoms. The first kappa shape index (κ1) is 17.9. The number of aryl methyl sites for hydroxylation is 2. The van der Waals surface area contributed by atoms with Gasteiger partial charge in [-0.3, -0.25) is 9.59 Å². The van der Waals surface area contributed by atoms with Crippen LogP contribution >= 0.6 is 0 Å². The molecule has 0 aromatic heterocycles. The number of anilines is 1. The van der Waals surface area contributed by atoms with Gasteiger partial charge in [-0.15, -0.1) is 0 Å². The summed E-state index contributed by atoms with van der Waals surface area (Å²) in [5.74, 6) is -0.735. The molecule has 1 aromatic carbocycles. The summed E-state index contributed by atoms with van der Waals surface area (Å²) in [6.45, 7) is 9.53. The Hall–Kier alpha value is -1.88. The number of benzene rings is 1. The van der Waals surface area contributed by atoms with E-state index < -0.39 is 5.92 Å². The van der Waals surface area contributed by atoms with Gasteiger partial charge in [-0.05, 0) is 74.9 Å². The maximum Gasteiger partial charge on any atom is 0.239 e. The number of piperidine rings is 1. The number of nitrogens with one attached hydrogen (secondary N) is 2. The molecule has 2 amide bonds. The summed E-state index contributed by atoms with van der Waals surface area (Å²) >= 11 is 0. The van der Waals surface area contributed by atoms with Crippen LogP contribution in [0.15, 0.2) is 18.2 Å². The van der Waals surface area contributed by atoms with E-state index >= 15 is 0 Å². The van der Waals surface area contributed by atoms with Crippen LogP contribution in [0.2, 0.25) is 0 Å². The van der Waals surface area contributed by atoms with Crippen LogP contribution in [-0.4, -0.2) is 38.0 Å². The monoisotopic (exact) mass is 343 g/mol. The quantitative estimate of drug-likeness (QED) is 0.824. The molecule has 2 heterocycles. The minimum atomic E-state index is -0.550. The lowest BCUT2D eigenvalue weighted by atomic mass is 9.81. The molecular formula is C20H29N3O2. The zero-order valence-electron chi connectivity index (χ0n) is 15.5. The number of carbonyl (C=O) groups is 2. The second-order valence-electron chi connectivity index (χ2n) is 7.96. The Labute approximate surface area is 150 Å². The summed E-state index contributed by atoms with van der Waals surface area (Å²) < 4.78 is 0. The summed E-state index contributed by atoms with van der Waals surface area (Å²) in [7, 11) is 0. The van der Waals surface area contributed by atoms with Crippen LogP contribution in [0.5, 0.6) is 0 Å². The van der Waals surface area contributed by atoms with Crippen molar-refractivity contribution in [3.05, 3.63) is 29.3 Å². The summed E-state index contributed by atoms with van der Waals surface area (Å²) in [6, 6.07) is 6.12. The smallest absolute Gasteiger partial charge is 0.239 e. The molecule has 136 valence electrons. The molecule has 0 spiro atoms. The van der Waals surface area contributed by atoms with Gasteiger partial charge in [-0.1, -0.05) is 13.0 Å². The number of rotatable bonds is 4. The van der Waals surface area contributed by atoms with Gasteiger partial charge in [0.2, 0.25) is 11.8 Å². The van der Waals surface area contributed by atoms with Crippen molar-refractivity contribution >= 4 is 17.5 Å². The molecule has 1 aromatic rings. The van der Waals surface area contributed by atoms with E-state index in [0.717, 1.165) is 42.7 Å². The Morgan fingerprint density at radius 3 is 2.52 bits per heavy atom. The SMILES string of the molecule is Cc1cc(C)cc(N2CCC(C(=O)NCC3(C)CCNCC3)C2=O)c1. The van der Waals surface area contributed by atoms with E-state index in [0.29, 0.717) is 19.5 Å². The number of hydrogen-bond acceptors (Lipinski definition) is 3. The lowest BCUT2D eigenvalue weighted by molar-refractivity contribution is -0.132. The van der Waals surface area contributed by atoms with Crippen LogP contribution in [0.1, 0.15) is 37.3 Å². The van der Waals surface area contributed by atoms with Gasteiger partial charge in [0, 0.05) is 18.8 Å². The third kappa shape index (κ3) is 4.03. The molecule has 1 atom stereocenters. The number of carbonyl (C=O) groups excluding carboxylic acids is 2. The first-order valence-corrected chi connectivity index (χ1v) is 9.26. The third-order valence-corrected chi connectivity index (χ3v) is 5.54. The maximum atomic E-state index is 12.8. The molecular weight excluding hydrogens is 314 g/mol. The zero-order chi connectivity index (χ0) is 18.0. The molecule has 2 N–H and O–H groups in total. The fourth-order valence-corrected chi connectivity index (χ4v) is 3.92. The Kier molecular flexibility index (Phi) is 5.13. The Morgan fingerprint density at radius 1 is 1.24 bits per heavy atom. The summed E-state index contributed by atoms with van der Waals surface area (Å²) in [5.41, 5.74) is 3.31. The zero-order valence-corrected chi connectivity index (χ0v) is 15.5. The van der Waals surface area contributed by atoms with Gasteiger partial charge in [-0.2, -0.15) is 0 Å². The predicted molar refractivity (Wildman–Crippen MR) is 99.6 cm³/mol. The van der Waals surface area contributed by atoms with Crippen molar-refractivity contribution < 1.29 is 9.59 Å². The Morgan fingerprint density at radius 2 is 1.88 bits per heavy atom. The van der Waals surface area contributed by atoms with Crippen molar-refractivity contribution in [3.8, 4) is 0 Å². The summed E-state index contributed by atoms with van der Waals surface area (Å²) in [6.07, 6.45) is 2.71. The summed E-state index contributed by atoms with van der Waals surface area (Å²) in [4.78, 5) is 27.1. The van der Waals surface area contributed by atoms with Crippen LogP contribution in [0.25, 0.3) is 0 Å². The van der Waals surface area contributed by atoms with Gasteiger partial charge in [0.05, 0.1) is 0 Å². The Bertz CT molecular complexity index is 645. The molecule has 3 rings (SSSR count). The molecule has 0 radical (unpaired) electrons. The highest BCUT2D eigenvalue weighted by molar-refractivity contribution is 6.09. The highest BCUT2D eigenvalue weighted by Crippen LogP contribution is 2.29. The first-order valence-electron chi connectivity index (χ1n) is 9.26. The predicted octanol–water partition coefficient (Wildman–Crippen LogP) is 2.16. The lowest BCUT2D eigenvalue weighted by Gasteiger charge is -2.34. The van der Waals surface area contributed by atoms with Crippen LogP contribution in [0, 0.1) is 25.2 Å². The average Bonchev–Trinajstić information content (AvgIpc) is 2.94. The van der Waals surface area contributed by atoms with E-state index in [2.05, 4.69) is 23.6 Å². The second kappa shape index (κ2) is 7.16. The lowest BCUT2D eigenvalue weighted by Crippen LogP contribution is -2.45. The molecule has 2 aliphatic heterocycles. The van der Waals surface area contributed by atoms with Crippen molar-refractivity contribution in [3.63, 3.8) is 0 Å². The van der Waals surface area contributed by atoms with E-state index in [-0.39, 0.29) is 17.2 Å². The molecule has 2 saturated heterocycles. The molecule has 0 bridgehead atoms. The van der Waals surface area contributed by atoms with Crippen LogP contribution in [0.3, 0.4) is 0 Å². The van der Waals surface area contributed by atoms with Crippen molar-refractivity contribution in [2.24, 2.45) is 11.3 Å².